The number of nitro groups is 1. The van der Waals surface area contributed by atoms with Crippen LogP contribution in [0.5, 0.6) is 5.75 Å². The molecule has 0 aliphatic rings. The summed E-state index contributed by atoms with van der Waals surface area (Å²) in [5.41, 5.74) is 1.98. The Hall–Kier alpha value is -3.33. The number of nitro benzene ring substituents is 1. The molecule has 144 valence electrons. The molecular weight excluding hydrogens is 380 g/mol. The lowest BCUT2D eigenvalue weighted by Crippen LogP contribution is -2.15. The zero-order valence-electron chi connectivity index (χ0n) is 15.3. The zero-order chi connectivity index (χ0) is 20.1. The second-order valence-electron chi connectivity index (χ2n) is 5.87. The molecular formula is C19H18N4O4S. The third-order valence-corrected chi connectivity index (χ3v) is 4.94. The molecule has 0 aliphatic carbocycles. The van der Waals surface area contributed by atoms with Crippen molar-refractivity contribution in [3.8, 4) is 11.4 Å². The number of nitrogens with one attached hydrogen (secondary N) is 1. The lowest BCUT2D eigenvalue weighted by molar-refractivity contribution is -0.384. The quantitative estimate of drug-likeness (QED) is 0.369. The van der Waals surface area contributed by atoms with E-state index in [1.165, 1.54) is 23.9 Å². The Labute approximate surface area is 165 Å². The predicted octanol–water partition coefficient (Wildman–Crippen LogP) is 3.83. The molecule has 1 N–H and O–H groups in total. The summed E-state index contributed by atoms with van der Waals surface area (Å²) >= 11 is 1.27. The van der Waals surface area contributed by atoms with Gasteiger partial charge >= 0.3 is 0 Å². The fraction of sp³-hybridized carbons (Fsp3) is 0.158. The topological polar surface area (TPSA) is 99.3 Å². The number of carbonyl (C=O) groups excluding carboxylic acids is 1. The summed E-state index contributed by atoms with van der Waals surface area (Å²) in [6.07, 6.45) is 3.46. The van der Waals surface area contributed by atoms with Gasteiger partial charge < -0.3 is 10.1 Å². The third kappa shape index (κ3) is 4.49. The highest BCUT2D eigenvalue weighted by molar-refractivity contribution is 7.99. The fourth-order valence-corrected chi connectivity index (χ4v) is 3.30. The Morgan fingerprint density at radius 3 is 2.89 bits per heavy atom. The number of hydrogen-bond donors (Lipinski definition) is 1. The number of benzene rings is 2. The number of anilines is 1. The van der Waals surface area contributed by atoms with Gasteiger partial charge in [-0.1, -0.05) is 23.9 Å². The minimum atomic E-state index is -0.491. The van der Waals surface area contributed by atoms with Gasteiger partial charge in [0.05, 0.1) is 29.2 Å². The van der Waals surface area contributed by atoms with Crippen molar-refractivity contribution in [1.29, 1.82) is 0 Å². The SMILES string of the molecule is COc1cccc(-n2ccnc2SCC(=O)Nc2cc([N+](=O)[O-])ccc2C)c1. The number of imidazole rings is 1. The van der Waals surface area contributed by atoms with Crippen LogP contribution in [0.4, 0.5) is 11.4 Å². The minimum Gasteiger partial charge on any atom is -0.497 e. The first-order valence-electron chi connectivity index (χ1n) is 8.33. The van der Waals surface area contributed by atoms with E-state index in [1.807, 2.05) is 28.8 Å². The molecule has 0 unspecified atom stereocenters. The van der Waals surface area contributed by atoms with Crippen molar-refractivity contribution in [3.63, 3.8) is 0 Å². The molecule has 0 fully saturated rings. The summed E-state index contributed by atoms with van der Waals surface area (Å²) in [6, 6.07) is 11.9. The molecule has 0 spiro atoms. The van der Waals surface area contributed by atoms with Gasteiger partial charge in [0.1, 0.15) is 5.75 Å². The van der Waals surface area contributed by atoms with Crippen LogP contribution in [0.3, 0.4) is 0 Å². The minimum absolute atomic E-state index is 0.0675. The van der Waals surface area contributed by atoms with Crippen LogP contribution in [-0.4, -0.2) is 33.2 Å². The van der Waals surface area contributed by atoms with Crippen molar-refractivity contribution in [2.24, 2.45) is 0 Å². The van der Waals surface area contributed by atoms with E-state index in [0.29, 0.717) is 10.8 Å². The van der Waals surface area contributed by atoms with Gasteiger partial charge in [0.15, 0.2) is 5.16 Å². The number of ether oxygens (including phenoxy) is 1. The summed E-state index contributed by atoms with van der Waals surface area (Å²) < 4.78 is 7.10. The summed E-state index contributed by atoms with van der Waals surface area (Å²) in [6.45, 7) is 1.78. The summed E-state index contributed by atoms with van der Waals surface area (Å²) in [5, 5.41) is 14.3. The third-order valence-electron chi connectivity index (χ3n) is 3.98. The Kier molecular flexibility index (Phi) is 5.95. The number of amides is 1. The summed E-state index contributed by atoms with van der Waals surface area (Å²) in [5.74, 6) is 0.568. The van der Waals surface area contributed by atoms with E-state index in [1.54, 1.807) is 32.5 Å². The summed E-state index contributed by atoms with van der Waals surface area (Å²) in [4.78, 5) is 27.1. The lowest BCUT2D eigenvalue weighted by Gasteiger charge is -2.10. The monoisotopic (exact) mass is 398 g/mol. The second kappa shape index (κ2) is 8.57. The van der Waals surface area contributed by atoms with Gasteiger partial charge in [-0.25, -0.2) is 4.98 Å². The van der Waals surface area contributed by atoms with Crippen molar-refractivity contribution < 1.29 is 14.5 Å². The van der Waals surface area contributed by atoms with Crippen molar-refractivity contribution in [2.75, 3.05) is 18.2 Å². The van der Waals surface area contributed by atoms with E-state index < -0.39 is 4.92 Å². The number of aromatic nitrogens is 2. The molecule has 8 nitrogen and oxygen atoms in total. The number of carbonyl (C=O) groups is 1. The Balaban J connectivity index is 1.69. The first-order chi connectivity index (χ1) is 13.5. The maximum atomic E-state index is 12.3. The van der Waals surface area contributed by atoms with Crippen molar-refractivity contribution in [1.82, 2.24) is 9.55 Å². The van der Waals surface area contributed by atoms with Crippen molar-refractivity contribution in [3.05, 3.63) is 70.5 Å². The van der Waals surface area contributed by atoms with Crippen LogP contribution in [-0.2, 0) is 4.79 Å². The average molecular weight is 398 g/mol. The maximum Gasteiger partial charge on any atom is 0.271 e. The van der Waals surface area contributed by atoms with Gasteiger partial charge in [-0.15, -0.1) is 0 Å². The molecule has 0 aliphatic heterocycles. The molecule has 0 saturated heterocycles. The Morgan fingerprint density at radius 1 is 1.32 bits per heavy atom. The molecule has 9 heteroatoms. The number of nitrogens with zero attached hydrogens (tertiary/aromatic N) is 3. The largest absolute Gasteiger partial charge is 0.497 e. The molecule has 1 amide bonds. The van der Waals surface area contributed by atoms with E-state index in [9.17, 15) is 14.9 Å². The van der Waals surface area contributed by atoms with Gasteiger partial charge in [-0.05, 0) is 24.6 Å². The van der Waals surface area contributed by atoms with E-state index >= 15 is 0 Å². The van der Waals surface area contributed by atoms with Crippen LogP contribution in [0.15, 0.2) is 60.0 Å². The number of rotatable bonds is 7. The van der Waals surface area contributed by atoms with Gasteiger partial charge in [0.2, 0.25) is 5.91 Å². The van der Waals surface area contributed by atoms with Gasteiger partial charge in [-0.3, -0.25) is 19.5 Å². The number of hydrogen-bond acceptors (Lipinski definition) is 6. The number of thioether (sulfide) groups is 1. The van der Waals surface area contributed by atoms with Crippen LogP contribution in [0, 0.1) is 17.0 Å². The highest BCUT2D eigenvalue weighted by Gasteiger charge is 2.13. The molecule has 0 saturated carbocycles. The molecule has 3 aromatic rings. The Bertz CT molecular complexity index is 1020. The van der Waals surface area contributed by atoms with Gasteiger partial charge in [-0.2, -0.15) is 0 Å². The van der Waals surface area contributed by atoms with E-state index in [4.69, 9.17) is 4.74 Å². The molecule has 0 bridgehead atoms. The number of aryl methyl sites for hydroxylation is 1. The van der Waals surface area contributed by atoms with E-state index in [-0.39, 0.29) is 17.3 Å². The molecule has 0 radical (unpaired) electrons. The average Bonchev–Trinajstić information content (AvgIpc) is 3.16. The van der Waals surface area contributed by atoms with Crippen molar-refractivity contribution >= 4 is 29.0 Å². The summed E-state index contributed by atoms with van der Waals surface area (Å²) in [7, 11) is 1.60. The number of non-ortho nitro benzene ring substituents is 1. The lowest BCUT2D eigenvalue weighted by atomic mass is 10.2. The maximum absolute atomic E-state index is 12.3. The van der Waals surface area contributed by atoms with E-state index in [2.05, 4.69) is 10.3 Å². The predicted molar refractivity (Wildman–Crippen MR) is 107 cm³/mol. The standard InChI is InChI=1S/C19H18N4O4S/c1-13-6-7-15(23(25)26)11-17(13)21-18(24)12-28-19-20-8-9-22(19)14-4-3-5-16(10-14)27-2/h3-11H,12H2,1-2H3,(H,21,24). The molecule has 1 heterocycles. The second-order valence-corrected chi connectivity index (χ2v) is 6.82. The zero-order valence-corrected chi connectivity index (χ0v) is 16.1. The Morgan fingerprint density at radius 2 is 2.14 bits per heavy atom. The highest BCUT2D eigenvalue weighted by Crippen LogP contribution is 2.25. The fourth-order valence-electron chi connectivity index (χ4n) is 2.53. The number of methoxy groups -OCH3 is 1. The first kappa shape index (κ1) is 19.4. The van der Waals surface area contributed by atoms with Crippen molar-refractivity contribution in [2.45, 2.75) is 12.1 Å². The molecule has 1 aromatic heterocycles. The van der Waals surface area contributed by atoms with Crippen LogP contribution in [0.2, 0.25) is 0 Å². The smallest absolute Gasteiger partial charge is 0.271 e. The van der Waals surface area contributed by atoms with Crippen LogP contribution in [0.25, 0.3) is 5.69 Å². The first-order valence-corrected chi connectivity index (χ1v) is 9.32. The van der Waals surface area contributed by atoms with E-state index in [0.717, 1.165) is 17.0 Å². The molecule has 0 atom stereocenters. The van der Waals surface area contributed by atoms with Gasteiger partial charge in [0, 0.05) is 30.6 Å². The molecule has 3 rings (SSSR count). The molecule has 28 heavy (non-hydrogen) atoms. The van der Waals surface area contributed by atoms with Crippen LogP contribution < -0.4 is 10.1 Å². The highest BCUT2D eigenvalue weighted by atomic mass is 32.2. The van der Waals surface area contributed by atoms with Gasteiger partial charge in [0.25, 0.3) is 5.69 Å². The normalized spacial score (nSPS) is 10.5. The van der Waals surface area contributed by atoms with Crippen LogP contribution >= 0.6 is 11.8 Å². The molecule has 2 aromatic carbocycles. The van der Waals surface area contributed by atoms with Crippen LogP contribution in [0.1, 0.15) is 5.56 Å².